The van der Waals surface area contributed by atoms with E-state index in [1.54, 1.807) is 37.3 Å². The Balaban J connectivity index is 2.24. The highest BCUT2D eigenvalue weighted by Gasteiger charge is 2.18. The van der Waals surface area contributed by atoms with Crippen LogP contribution in [0.2, 0.25) is 0 Å². The Morgan fingerprint density at radius 2 is 1.86 bits per heavy atom. The second-order valence-corrected chi connectivity index (χ2v) is 4.99. The van der Waals surface area contributed by atoms with Crippen molar-refractivity contribution < 1.29 is 28.6 Å². The monoisotopic (exact) mass is 327 g/mol. The maximum Gasteiger partial charge on any atom is 0.370 e. The van der Waals surface area contributed by atoms with E-state index in [0.29, 0.717) is 17.5 Å². The maximum absolute atomic E-state index is 11.7. The van der Waals surface area contributed by atoms with Gasteiger partial charge in [0.2, 0.25) is 6.79 Å². The van der Waals surface area contributed by atoms with Gasteiger partial charge in [-0.15, -0.1) is 0 Å². The molecule has 0 bridgehead atoms. The number of carbonyl (C=O) groups excluding carboxylic acids is 3. The fourth-order valence-electron chi connectivity index (χ4n) is 1.19. The van der Waals surface area contributed by atoms with Crippen LogP contribution in [-0.4, -0.2) is 35.8 Å². The molecule has 0 amide bonds. The topological polar surface area (TPSA) is 105 Å². The molecular weight excluding hydrogens is 310 g/mol. The van der Waals surface area contributed by atoms with E-state index in [1.165, 1.54) is 0 Å². The number of ether oxygens (including phenoxy) is 3. The van der Waals surface area contributed by atoms with Gasteiger partial charge in [-0.2, -0.15) is 0 Å². The van der Waals surface area contributed by atoms with Gasteiger partial charge in [-0.25, -0.2) is 9.59 Å². The molecule has 0 fully saturated rings. The first kappa shape index (κ1) is 18.0. The van der Waals surface area contributed by atoms with Crippen molar-refractivity contribution >= 4 is 29.0 Å². The first-order chi connectivity index (χ1) is 10.5. The van der Waals surface area contributed by atoms with Gasteiger partial charge in [0.25, 0.3) is 0 Å². The third kappa shape index (κ3) is 7.09. The summed E-state index contributed by atoms with van der Waals surface area (Å²) in [7, 11) is 0. The van der Waals surface area contributed by atoms with Gasteiger partial charge in [-0.05, 0) is 23.9 Å². The highest BCUT2D eigenvalue weighted by atomic mass is 32.2. The molecule has 2 N–H and O–H groups in total. The van der Waals surface area contributed by atoms with E-state index in [1.807, 2.05) is 0 Å². The highest BCUT2D eigenvalue weighted by molar-refractivity contribution is 8.13. The Morgan fingerprint density at radius 1 is 1.18 bits per heavy atom. The number of thioether (sulfide) groups is 1. The third-order valence-corrected chi connectivity index (χ3v) is 3.21. The molecule has 0 heterocycles. The Morgan fingerprint density at radius 3 is 2.50 bits per heavy atom. The van der Waals surface area contributed by atoms with Gasteiger partial charge in [0, 0.05) is 12.2 Å². The minimum Gasteiger partial charge on any atom is -0.428 e. The molecule has 0 spiro atoms. The summed E-state index contributed by atoms with van der Waals surface area (Å²) in [6.45, 7) is 1.17. The van der Waals surface area contributed by atoms with Gasteiger partial charge in [0.1, 0.15) is 11.8 Å². The Labute approximate surface area is 132 Å². The van der Waals surface area contributed by atoms with Gasteiger partial charge in [-0.3, -0.25) is 4.79 Å². The van der Waals surface area contributed by atoms with Crippen molar-refractivity contribution in [1.82, 2.24) is 0 Å². The second-order valence-electron chi connectivity index (χ2n) is 4.03. The lowest BCUT2D eigenvalue weighted by atomic mass is 10.3. The van der Waals surface area contributed by atoms with Gasteiger partial charge in [-0.1, -0.05) is 25.1 Å². The number of nitrogens with two attached hydrogens (primary N) is 1. The fraction of sp³-hybridized carbons (Fsp3) is 0.357. The van der Waals surface area contributed by atoms with Crippen molar-refractivity contribution in [2.75, 3.05) is 12.5 Å². The van der Waals surface area contributed by atoms with Crippen molar-refractivity contribution in [2.24, 2.45) is 5.73 Å². The van der Waals surface area contributed by atoms with E-state index in [9.17, 15) is 14.4 Å². The van der Waals surface area contributed by atoms with Crippen LogP contribution in [-0.2, 0) is 19.1 Å². The fourth-order valence-corrected chi connectivity index (χ4v) is 1.78. The molecule has 1 aromatic carbocycles. The third-order valence-electron chi connectivity index (χ3n) is 2.33. The maximum atomic E-state index is 11.7. The zero-order valence-electron chi connectivity index (χ0n) is 12.0. The van der Waals surface area contributed by atoms with E-state index in [4.69, 9.17) is 10.5 Å². The van der Waals surface area contributed by atoms with Gasteiger partial charge < -0.3 is 19.9 Å². The first-order valence-corrected chi connectivity index (χ1v) is 7.49. The molecule has 22 heavy (non-hydrogen) atoms. The summed E-state index contributed by atoms with van der Waals surface area (Å²) in [4.78, 5) is 33.8. The molecule has 0 aliphatic rings. The van der Waals surface area contributed by atoms with Gasteiger partial charge in [0.05, 0.1) is 0 Å². The number of hydrogen-bond acceptors (Lipinski definition) is 8. The summed E-state index contributed by atoms with van der Waals surface area (Å²) in [6.07, 6.45) is 0.195. The molecule has 1 rings (SSSR count). The molecule has 0 aliphatic carbocycles. The van der Waals surface area contributed by atoms with Crippen LogP contribution in [0.25, 0.3) is 0 Å². The van der Waals surface area contributed by atoms with Gasteiger partial charge in [0.15, 0.2) is 0 Å². The molecular formula is C14H17NO6S. The molecule has 7 nitrogen and oxygen atoms in total. The largest absolute Gasteiger partial charge is 0.428 e. The molecule has 0 saturated heterocycles. The van der Waals surface area contributed by atoms with Crippen LogP contribution in [0, 0.1) is 0 Å². The average Bonchev–Trinajstić information content (AvgIpc) is 2.53. The quantitative estimate of drug-likeness (QED) is 0.458. The molecule has 0 aromatic heterocycles. The van der Waals surface area contributed by atoms with Gasteiger partial charge >= 0.3 is 17.2 Å². The van der Waals surface area contributed by atoms with Crippen LogP contribution >= 0.6 is 11.8 Å². The molecule has 1 atom stereocenters. The summed E-state index contributed by atoms with van der Waals surface area (Å²) in [5, 5.41) is -0.688. The van der Waals surface area contributed by atoms with Crippen molar-refractivity contribution in [2.45, 2.75) is 19.4 Å². The van der Waals surface area contributed by atoms with Crippen LogP contribution in [0.4, 0.5) is 4.79 Å². The van der Waals surface area contributed by atoms with Crippen molar-refractivity contribution in [3.63, 3.8) is 0 Å². The summed E-state index contributed by atoms with van der Waals surface area (Å²) in [5.74, 6) is -0.751. The number of rotatable bonds is 7. The first-order valence-electron chi connectivity index (χ1n) is 6.50. The minimum absolute atomic E-state index is 0.00771. The standard InChI is InChI=1S/C14H17NO6S/c1-2-12(16)19-9-20-14(18)22-8-11(15)13(17)21-10-6-4-3-5-7-10/h3-7,11H,2,8-9,15H2,1H3/t11-/m0/s1. The lowest BCUT2D eigenvalue weighted by molar-refractivity contribution is -0.150. The molecule has 0 radical (unpaired) electrons. The Kier molecular flexibility index (Phi) is 8.01. The zero-order chi connectivity index (χ0) is 16.4. The molecule has 120 valence electrons. The van der Waals surface area contributed by atoms with E-state index >= 15 is 0 Å². The number of benzene rings is 1. The van der Waals surface area contributed by atoms with Crippen molar-refractivity contribution in [3.8, 4) is 5.75 Å². The normalized spacial score (nSPS) is 11.4. The lowest BCUT2D eigenvalue weighted by Gasteiger charge is -2.10. The number of hydrogen-bond donors (Lipinski definition) is 1. The minimum atomic E-state index is -0.976. The van der Waals surface area contributed by atoms with Crippen molar-refractivity contribution in [1.29, 1.82) is 0 Å². The van der Waals surface area contributed by atoms with Crippen LogP contribution in [0.1, 0.15) is 13.3 Å². The van der Waals surface area contributed by atoms with E-state index < -0.39 is 30.1 Å². The Bertz CT molecular complexity index is 507. The van der Waals surface area contributed by atoms with Crippen LogP contribution < -0.4 is 10.5 Å². The molecule has 0 saturated carbocycles. The predicted molar refractivity (Wildman–Crippen MR) is 80.2 cm³/mol. The predicted octanol–water partition coefficient (Wildman–Crippen LogP) is 1.70. The molecule has 8 heteroatoms. The van der Waals surface area contributed by atoms with Crippen LogP contribution in [0.3, 0.4) is 0 Å². The summed E-state index contributed by atoms with van der Waals surface area (Å²) in [6, 6.07) is 7.49. The van der Waals surface area contributed by atoms with E-state index in [0.717, 1.165) is 0 Å². The number of para-hydroxylation sites is 1. The molecule has 0 unspecified atom stereocenters. The SMILES string of the molecule is CCC(=O)OCOC(=O)SC[C@H](N)C(=O)Oc1ccccc1. The zero-order valence-corrected chi connectivity index (χ0v) is 12.8. The average molecular weight is 327 g/mol. The number of carbonyl (C=O) groups is 3. The summed E-state index contributed by atoms with van der Waals surface area (Å²) in [5.41, 5.74) is 5.62. The van der Waals surface area contributed by atoms with Crippen LogP contribution in [0.15, 0.2) is 30.3 Å². The van der Waals surface area contributed by atoms with E-state index in [2.05, 4.69) is 9.47 Å². The summed E-state index contributed by atoms with van der Waals surface area (Å²) >= 11 is 0.704. The summed E-state index contributed by atoms with van der Waals surface area (Å²) < 4.78 is 14.3. The van der Waals surface area contributed by atoms with E-state index in [-0.39, 0.29) is 12.2 Å². The lowest BCUT2D eigenvalue weighted by Crippen LogP contribution is -2.36. The smallest absolute Gasteiger partial charge is 0.370 e. The second kappa shape index (κ2) is 9.80. The molecule has 1 aromatic rings. The Hall–Kier alpha value is -2.06. The van der Waals surface area contributed by atoms with Crippen LogP contribution in [0.5, 0.6) is 5.75 Å². The molecule has 0 aliphatic heterocycles. The van der Waals surface area contributed by atoms with Crippen molar-refractivity contribution in [3.05, 3.63) is 30.3 Å². The number of esters is 2. The highest BCUT2D eigenvalue weighted by Crippen LogP contribution is 2.11.